The third kappa shape index (κ3) is 1.94. The summed E-state index contributed by atoms with van der Waals surface area (Å²) in [5.41, 5.74) is 0.164. The maximum atomic E-state index is 10.3. The van der Waals surface area contributed by atoms with Crippen LogP contribution in [0.3, 0.4) is 0 Å². The molecular formula is C7H6BrNO3. The molecule has 4 nitrogen and oxygen atoms in total. The number of pyridine rings is 1. The Labute approximate surface area is 77.0 Å². The van der Waals surface area contributed by atoms with Crippen LogP contribution in [0.4, 0.5) is 0 Å². The lowest BCUT2D eigenvalue weighted by Gasteiger charge is -2.00. The van der Waals surface area contributed by atoms with Crippen LogP contribution in [0.5, 0.6) is 5.75 Å². The van der Waals surface area contributed by atoms with E-state index in [0.29, 0.717) is 4.47 Å². The van der Waals surface area contributed by atoms with Crippen molar-refractivity contribution in [2.75, 3.05) is 0 Å². The van der Waals surface area contributed by atoms with Gasteiger partial charge in [0, 0.05) is 6.20 Å². The SMILES string of the molecule is O=C(O)Cc1nccc(Br)c1O. The van der Waals surface area contributed by atoms with Crippen LogP contribution in [0, 0.1) is 0 Å². The Morgan fingerprint density at radius 2 is 2.33 bits per heavy atom. The van der Waals surface area contributed by atoms with Crippen molar-refractivity contribution in [1.82, 2.24) is 4.98 Å². The van der Waals surface area contributed by atoms with Crippen LogP contribution in [-0.4, -0.2) is 21.2 Å². The minimum absolute atomic E-state index is 0.111. The molecule has 1 aromatic heterocycles. The first-order valence-corrected chi connectivity index (χ1v) is 3.94. The van der Waals surface area contributed by atoms with E-state index in [1.165, 1.54) is 6.20 Å². The summed E-state index contributed by atoms with van der Waals surface area (Å²) in [6.07, 6.45) is 1.16. The highest BCUT2D eigenvalue weighted by Crippen LogP contribution is 2.25. The third-order valence-corrected chi connectivity index (χ3v) is 1.91. The zero-order valence-corrected chi connectivity index (χ0v) is 7.58. The van der Waals surface area contributed by atoms with Gasteiger partial charge in [0.2, 0.25) is 0 Å². The number of carbonyl (C=O) groups is 1. The molecule has 0 radical (unpaired) electrons. The van der Waals surface area contributed by atoms with Crippen molar-refractivity contribution in [1.29, 1.82) is 0 Å². The molecule has 0 aliphatic rings. The molecule has 0 atom stereocenters. The van der Waals surface area contributed by atoms with Gasteiger partial charge in [0.05, 0.1) is 16.6 Å². The zero-order chi connectivity index (χ0) is 9.14. The molecule has 0 spiro atoms. The second kappa shape index (κ2) is 3.53. The van der Waals surface area contributed by atoms with E-state index in [2.05, 4.69) is 20.9 Å². The molecule has 0 unspecified atom stereocenters. The van der Waals surface area contributed by atoms with Crippen molar-refractivity contribution >= 4 is 21.9 Å². The van der Waals surface area contributed by atoms with Crippen LogP contribution in [-0.2, 0) is 11.2 Å². The van der Waals surface area contributed by atoms with E-state index in [0.717, 1.165) is 0 Å². The average Bonchev–Trinajstić information content (AvgIpc) is 1.98. The Balaban J connectivity index is 3.00. The number of carboxylic acids is 1. The van der Waals surface area contributed by atoms with Gasteiger partial charge in [0.15, 0.2) is 5.75 Å². The maximum absolute atomic E-state index is 10.3. The number of aliphatic carboxylic acids is 1. The Morgan fingerprint density at radius 3 is 2.92 bits per heavy atom. The molecule has 5 heteroatoms. The molecule has 2 N–H and O–H groups in total. The molecule has 0 saturated heterocycles. The van der Waals surface area contributed by atoms with Gasteiger partial charge < -0.3 is 10.2 Å². The highest BCUT2D eigenvalue weighted by atomic mass is 79.9. The zero-order valence-electron chi connectivity index (χ0n) is 5.99. The van der Waals surface area contributed by atoms with Gasteiger partial charge in [-0.3, -0.25) is 9.78 Å². The van der Waals surface area contributed by atoms with E-state index in [9.17, 15) is 9.90 Å². The second-order valence-corrected chi connectivity index (χ2v) is 3.01. The fraction of sp³-hybridized carbons (Fsp3) is 0.143. The second-order valence-electron chi connectivity index (χ2n) is 2.16. The summed E-state index contributed by atoms with van der Waals surface area (Å²) in [4.78, 5) is 14.0. The Kier molecular flexibility index (Phi) is 2.65. The predicted octanol–water partition coefficient (Wildman–Crippen LogP) is 1.18. The minimum Gasteiger partial charge on any atom is -0.505 e. The molecule has 1 aromatic rings. The third-order valence-electron chi connectivity index (χ3n) is 1.27. The van der Waals surface area contributed by atoms with Gasteiger partial charge >= 0.3 is 5.97 Å². The lowest BCUT2D eigenvalue weighted by atomic mass is 10.2. The minimum atomic E-state index is -1.02. The van der Waals surface area contributed by atoms with Crippen molar-refractivity contribution in [3.05, 3.63) is 22.4 Å². The molecule has 0 aliphatic heterocycles. The number of aromatic nitrogens is 1. The summed E-state index contributed by atoms with van der Waals surface area (Å²) < 4.78 is 0.453. The number of hydrogen-bond acceptors (Lipinski definition) is 3. The first kappa shape index (κ1) is 8.99. The van der Waals surface area contributed by atoms with Crippen LogP contribution < -0.4 is 0 Å². The van der Waals surface area contributed by atoms with Gasteiger partial charge in [-0.25, -0.2) is 0 Å². The number of hydrogen-bond donors (Lipinski definition) is 2. The van der Waals surface area contributed by atoms with Gasteiger partial charge in [-0.2, -0.15) is 0 Å². The van der Waals surface area contributed by atoms with Crippen LogP contribution in [0.1, 0.15) is 5.69 Å². The topological polar surface area (TPSA) is 70.4 Å². The smallest absolute Gasteiger partial charge is 0.309 e. The summed E-state index contributed by atoms with van der Waals surface area (Å²) in [7, 11) is 0. The van der Waals surface area contributed by atoms with E-state index < -0.39 is 5.97 Å². The molecular weight excluding hydrogens is 226 g/mol. The number of rotatable bonds is 2. The van der Waals surface area contributed by atoms with E-state index in [1.807, 2.05) is 0 Å². The van der Waals surface area contributed by atoms with Gasteiger partial charge in [-0.15, -0.1) is 0 Å². The maximum Gasteiger partial charge on any atom is 0.309 e. The lowest BCUT2D eigenvalue weighted by Crippen LogP contribution is -2.02. The number of halogens is 1. The molecule has 0 saturated carbocycles. The Bertz CT molecular complexity index is 314. The molecule has 0 aromatic carbocycles. The fourth-order valence-electron chi connectivity index (χ4n) is 0.743. The molecule has 64 valence electrons. The normalized spacial score (nSPS) is 9.75. The standard InChI is InChI=1S/C7H6BrNO3/c8-4-1-2-9-5(7(4)12)3-6(10)11/h1-2,12H,3H2,(H,10,11). The van der Waals surface area contributed by atoms with Crippen LogP contribution in [0.25, 0.3) is 0 Å². The summed E-state index contributed by atoms with van der Waals surface area (Å²) in [6, 6.07) is 1.54. The predicted molar refractivity (Wildman–Crippen MR) is 44.9 cm³/mol. The quantitative estimate of drug-likeness (QED) is 0.802. The molecule has 0 bridgehead atoms. The molecule has 0 aliphatic carbocycles. The monoisotopic (exact) mass is 231 g/mol. The lowest BCUT2D eigenvalue weighted by molar-refractivity contribution is -0.136. The van der Waals surface area contributed by atoms with Gasteiger partial charge in [-0.05, 0) is 22.0 Å². The van der Waals surface area contributed by atoms with Crippen molar-refractivity contribution < 1.29 is 15.0 Å². The molecule has 0 fully saturated rings. The van der Waals surface area contributed by atoms with Gasteiger partial charge in [-0.1, -0.05) is 0 Å². The summed E-state index contributed by atoms with van der Waals surface area (Å²) in [5, 5.41) is 17.7. The summed E-state index contributed by atoms with van der Waals surface area (Å²) in [6.45, 7) is 0. The van der Waals surface area contributed by atoms with Crippen molar-refractivity contribution in [3.8, 4) is 5.75 Å². The molecule has 12 heavy (non-hydrogen) atoms. The Morgan fingerprint density at radius 1 is 1.67 bits per heavy atom. The van der Waals surface area contributed by atoms with E-state index in [4.69, 9.17) is 5.11 Å². The van der Waals surface area contributed by atoms with Gasteiger partial charge in [0.1, 0.15) is 0 Å². The van der Waals surface area contributed by atoms with Crippen molar-refractivity contribution in [3.63, 3.8) is 0 Å². The van der Waals surface area contributed by atoms with Crippen LogP contribution >= 0.6 is 15.9 Å². The highest BCUT2D eigenvalue weighted by molar-refractivity contribution is 9.10. The molecule has 1 heterocycles. The summed E-state index contributed by atoms with van der Waals surface area (Å²) in [5.74, 6) is -1.13. The van der Waals surface area contributed by atoms with Crippen molar-refractivity contribution in [2.45, 2.75) is 6.42 Å². The van der Waals surface area contributed by atoms with Gasteiger partial charge in [0.25, 0.3) is 0 Å². The first-order chi connectivity index (χ1) is 5.61. The van der Waals surface area contributed by atoms with Crippen LogP contribution in [0.15, 0.2) is 16.7 Å². The molecule has 0 amide bonds. The average molecular weight is 232 g/mol. The molecule has 1 rings (SSSR count). The Hall–Kier alpha value is -1.10. The van der Waals surface area contributed by atoms with Crippen molar-refractivity contribution in [2.24, 2.45) is 0 Å². The highest BCUT2D eigenvalue weighted by Gasteiger charge is 2.09. The summed E-state index contributed by atoms with van der Waals surface area (Å²) >= 11 is 3.05. The largest absolute Gasteiger partial charge is 0.505 e. The fourth-order valence-corrected chi connectivity index (χ4v) is 1.09. The van der Waals surface area contributed by atoms with E-state index in [1.54, 1.807) is 6.07 Å². The number of carboxylic acid groups (broad SMARTS) is 1. The van der Waals surface area contributed by atoms with E-state index in [-0.39, 0.29) is 17.9 Å². The van der Waals surface area contributed by atoms with E-state index >= 15 is 0 Å². The first-order valence-electron chi connectivity index (χ1n) is 3.15. The van der Waals surface area contributed by atoms with Crippen LogP contribution in [0.2, 0.25) is 0 Å². The number of nitrogens with zero attached hydrogens (tertiary/aromatic N) is 1. The number of aromatic hydroxyl groups is 1.